The summed E-state index contributed by atoms with van der Waals surface area (Å²) in [6, 6.07) is -0.645. The summed E-state index contributed by atoms with van der Waals surface area (Å²) in [6.45, 7) is 4.19. The van der Waals surface area contributed by atoms with Crippen LogP contribution in [0.15, 0.2) is 109 Å². The quantitative estimate of drug-likeness (QED) is 0.0421. The second-order valence-electron chi connectivity index (χ2n) is 18.3. The van der Waals surface area contributed by atoms with Gasteiger partial charge in [0, 0.05) is 6.42 Å². The van der Waals surface area contributed by atoms with E-state index < -0.39 is 12.1 Å². The Morgan fingerprint density at radius 3 is 1.02 bits per heavy atom. The van der Waals surface area contributed by atoms with Crippen LogP contribution in [0.5, 0.6) is 0 Å². The third-order valence-electron chi connectivity index (χ3n) is 12.0. The van der Waals surface area contributed by atoms with E-state index in [0.717, 1.165) is 96.3 Å². The van der Waals surface area contributed by atoms with Crippen LogP contribution >= 0.6 is 0 Å². The maximum atomic E-state index is 12.5. The Morgan fingerprint density at radius 1 is 0.385 bits per heavy atom. The Bertz CT molecular complexity index is 1250. The fraction of sp³-hybridized carbons (Fsp3) is 0.689. The molecule has 0 aliphatic heterocycles. The van der Waals surface area contributed by atoms with Gasteiger partial charge in [-0.25, -0.2) is 0 Å². The van der Waals surface area contributed by atoms with Crippen molar-refractivity contribution in [2.75, 3.05) is 6.61 Å². The van der Waals surface area contributed by atoms with Crippen molar-refractivity contribution in [3.63, 3.8) is 0 Å². The third-order valence-corrected chi connectivity index (χ3v) is 12.0. The van der Waals surface area contributed by atoms with Gasteiger partial charge >= 0.3 is 0 Å². The van der Waals surface area contributed by atoms with Crippen molar-refractivity contribution in [1.82, 2.24) is 5.32 Å². The van der Waals surface area contributed by atoms with Gasteiger partial charge in [-0.15, -0.1) is 0 Å². The van der Waals surface area contributed by atoms with Crippen molar-refractivity contribution in [2.24, 2.45) is 0 Å². The van der Waals surface area contributed by atoms with Crippen molar-refractivity contribution < 1.29 is 15.0 Å². The molecule has 2 atom stereocenters. The Labute approximate surface area is 404 Å². The number of aliphatic hydroxyl groups excluding tert-OH is 2. The first-order valence-electron chi connectivity index (χ1n) is 27.6. The van der Waals surface area contributed by atoms with Crippen LogP contribution in [0.4, 0.5) is 0 Å². The molecule has 0 aliphatic carbocycles. The van der Waals surface area contributed by atoms with Crippen LogP contribution in [0.2, 0.25) is 0 Å². The van der Waals surface area contributed by atoms with Crippen LogP contribution in [0.3, 0.4) is 0 Å². The molecular formula is C61H105NO3. The molecule has 4 heteroatoms. The number of hydrogen-bond donors (Lipinski definition) is 3. The lowest BCUT2D eigenvalue weighted by Crippen LogP contribution is -2.45. The number of hydrogen-bond acceptors (Lipinski definition) is 3. The van der Waals surface area contributed by atoms with Crippen LogP contribution in [0.25, 0.3) is 0 Å². The SMILES string of the molecule is CC/C=C\C/C=C\C/C=C\C/C=C\C/C=C\C/C=C\C/C=C\C/C=C\CCCCCCC(=O)NC(CO)C(O)/C=C/CCCCCCCCCCCCCCCCCCCCCCCC. The zero-order chi connectivity index (χ0) is 47.0. The Morgan fingerprint density at radius 2 is 0.677 bits per heavy atom. The van der Waals surface area contributed by atoms with Crippen LogP contribution < -0.4 is 5.32 Å². The molecule has 4 nitrogen and oxygen atoms in total. The zero-order valence-corrected chi connectivity index (χ0v) is 42.7. The predicted molar refractivity (Wildman–Crippen MR) is 289 cm³/mol. The molecule has 0 aromatic carbocycles. The zero-order valence-electron chi connectivity index (χ0n) is 42.7. The number of nitrogens with one attached hydrogen (secondary N) is 1. The van der Waals surface area contributed by atoms with Gasteiger partial charge < -0.3 is 15.5 Å². The van der Waals surface area contributed by atoms with Crippen molar-refractivity contribution in [3.8, 4) is 0 Å². The van der Waals surface area contributed by atoms with Gasteiger partial charge in [-0.3, -0.25) is 4.79 Å². The van der Waals surface area contributed by atoms with Crippen molar-refractivity contribution >= 4 is 5.91 Å². The monoisotopic (exact) mass is 900 g/mol. The molecule has 1 amide bonds. The van der Waals surface area contributed by atoms with E-state index in [1.165, 1.54) is 135 Å². The number of rotatable bonds is 49. The van der Waals surface area contributed by atoms with Gasteiger partial charge in [0.05, 0.1) is 18.8 Å². The summed E-state index contributed by atoms with van der Waals surface area (Å²) in [5.74, 6) is -0.0909. The van der Waals surface area contributed by atoms with E-state index in [9.17, 15) is 15.0 Å². The summed E-state index contributed by atoms with van der Waals surface area (Å²) in [6.07, 6.45) is 83.8. The largest absolute Gasteiger partial charge is 0.394 e. The predicted octanol–water partition coefficient (Wildman–Crippen LogP) is 18.3. The molecular weight excluding hydrogens is 795 g/mol. The standard InChI is InChI=1S/C61H105NO3/c1-3-5-7-9-11-13-15-17-19-21-23-25-27-29-30-31-32-33-35-37-39-41-43-45-47-49-51-53-55-57-61(65)62-59(58-63)60(64)56-54-52-50-48-46-44-42-40-38-36-34-28-26-24-22-20-18-16-14-12-10-8-6-4-2/h5,7,11,13,17,19,23,25,29-30,32-33,37,39,43,45,54,56,59-60,63-64H,3-4,6,8-10,12,14-16,18,20-22,24,26-28,31,34-36,38,40-42,44,46-53,55,57-58H2,1-2H3,(H,62,65)/b7-5-,13-11-,19-17-,25-23-,30-29-,33-32-,39-37-,45-43-,56-54+. The van der Waals surface area contributed by atoms with Crippen molar-refractivity contribution in [3.05, 3.63) is 109 Å². The number of unbranched alkanes of at least 4 members (excludes halogenated alkanes) is 26. The molecule has 2 unspecified atom stereocenters. The van der Waals surface area contributed by atoms with Crippen molar-refractivity contribution in [2.45, 2.75) is 264 Å². The van der Waals surface area contributed by atoms with E-state index in [1.807, 2.05) is 6.08 Å². The first kappa shape index (κ1) is 62.1. The highest BCUT2D eigenvalue weighted by atomic mass is 16.3. The molecule has 372 valence electrons. The summed E-state index contributed by atoms with van der Waals surface area (Å²) in [7, 11) is 0. The first-order chi connectivity index (χ1) is 32.2. The van der Waals surface area contributed by atoms with E-state index in [1.54, 1.807) is 6.08 Å². The highest BCUT2D eigenvalue weighted by molar-refractivity contribution is 5.76. The van der Waals surface area contributed by atoms with Gasteiger partial charge in [0.25, 0.3) is 0 Å². The number of aliphatic hydroxyl groups is 2. The number of carbonyl (C=O) groups excluding carboxylic acids is 1. The van der Waals surface area contributed by atoms with E-state index in [0.29, 0.717) is 6.42 Å². The summed E-state index contributed by atoms with van der Waals surface area (Å²) < 4.78 is 0. The fourth-order valence-corrected chi connectivity index (χ4v) is 7.84. The minimum Gasteiger partial charge on any atom is -0.394 e. The Balaban J connectivity index is 3.64. The molecule has 0 saturated carbocycles. The smallest absolute Gasteiger partial charge is 0.220 e. The van der Waals surface area contributed by atoms with Gasteiger partial charge in [-0.2, -0.15) is 0 Å². The van der Waals surface area contributed by atoms with E-state index >= 15 is 0 Å². The minimum atomic E-state index is -0.859. The molecule has 65 heavy (non-hydrogen) atoms. The minimum absolute atomic E-state index is 0.0909. The summed E-state index contributed by atoms with van der Waals surface area (Å²) in [5.41, 5.74) is 0. The van der Waals surface area contributed by atoms with Crippen LogP contribution in [0, 0.1) is 0 Å². The third kappa shape index (κ3) is 51.9. The molecule has 0 rings (SSSR count). The Hall–Kier alpha value is -2.95. The highest BCUT2D eigenvalue weighted by Gasteiger charge is 2.18. The highest BCUT2D eigenvalue weighted by Crippen LogP contribution is 2.16. The lowest BCUT2D eigenvalue weighted by atomic mass is 10.0. The molecule has 0 heterocycles. The molecule has 0 spiro atoms. The van der Waals surface area contributed by atoms with Gasteiger partial charge in [0.1, 0.15) is 0 Å². The molecule has 3 N–H and O–H groups in total. The molecule has 0 aromatic heterocycles. The summed E-state index contributed by atoms with van der Waals surface area (Å²) in [5, 5.41) is 23.2. The Kier molecular flexibility index (Phi) is 52.9. The lowest BCUT2D eigenvalue weighted by molar-refractivity contribution is -0.123. The second-order valence-corrected chi connectivity index (χ2v) is 18.3. The first-order valence-corrected chi connectivity index (χ1v) is 27.6. The fourth-order valence-electron chi connectivity index (χ4n) is 7.84. The maximum absolute atomic E-state index is 12.5. The second kappa shape index (κ2) is 55.4. The van der Waals surface area contributed by atoms with Crippen LogP contribution in [-0.2, 0) is 4.79 Å². The van der Waals surface area contributed by atoms with Crippen LogP contribution in [0.1, 0.15) is 251 Å². The molecule has 0 aliphatic rings. The van der Waals surface area contributed by atoms with Crippen LogP contribution in [-0.4, -0.2) is 34.9 Å². The number of amides is 1. The summed E-state index contributed by atoms with van der Waals surface area (Å²) in [4.78, 5) is 12.5. The van der Waals surface area contributed by atoms with E-state index in [-0.39, 0.29) is 12.5 Å². The van der Waals surface area contributed by atoms with Gasteiger partial charge in [-0.05, 0) is 83.5 Å². The maximum Gasteiger partial charge on any atom is 0.220 e. The average molecular weight is 901 g/mol. The normalized spacial score (nSPS) is 13.7. The van der Waals surface area contributed by atoms with E-state index in [2.05, 4.69) is 116 Å². The van der Waals surface area contributed by atoms with Gasteiger partial charge in [-0.1, -0.05) is 271 Å². The average Bonchev–Trinajstić information content (AvgIpc) is 3.31. The van der Waals surface area contributed by atoms with Gasteiger partial charge in [0.15, 0.2) is 0 Å². The topological polar surface area (TPSA) is 69.6 Å². The number of carbonyl (C=O) groups is 1. The molecule has 0 aromatic rings. The van der Waals surface area contributed by atoms with E-state index in [4.69, 9.17) is 0 Å². The van der Waals surface area contributed by atoms with Crippen molar-refractivity contribution in [1.29, 1.82) is 0 Å². The molecule has 0 fully saturated rings. The summed E-state index contributed by atoms with van der Waals surface area (Å²) >= 11 is 0. The van der Waals surface area contributed by atoms with Gasteiger partial charge in [0.2, 0.25) is 5.91 Å². The molecule has 0 radical (unpaired) electrons. The lowest BCUT2D eigenvalue weighted by Gasteiger charge is -2.20. The molecule has 0 bridgehead atoms. The molecule has 0 saturated heterocycles. The number of allylic oxidation sites excluding steroid dienone is 17.